The first kappa shape index (κ1) is 23.3. The number of carbonyl (C=O) groups excluding carboxylic acids is 1. The van der Waals surface area contributed by atoms with Crippen LogP contribution in [-0.2, 0) is 17.9 Å². The molecule has 2 saturated carbocycles. The molecule has 0 bridgehead atoms. The second-order valence-corrected chi connectivity index (χ2v) is 11.4. The fraction of sp³-hybridized carbons (Fsp3) is 0.640. The molecule has 188 valence electrons. The number of amides is 1. The Bertz CT molecular complexity index is 1150. The summed E-state index contributed by atoms with van der Waals surface area (Å²) in [6.45, 7) is 4.44. The van der Waals surface area contributed by atoms with Gasteiger partial charge in [0.25, 0.3) is 0 Å². The normalized spacial score (nSPS) is 26.5. The SMILES string of the molecule is CC1(C(=O)N2CCC(c3nnc4n3-c3ccc(Cl)cc3CN(C3CC(C(F)(F)F)C3)C4)CC2)CC1. The van der Waals surface area contributed by atoms with Crippen molar-refractivity contribution >= 4 is 17.5 Å². The van der Waals surface area contributed by atoms with Crippen LogP contribution in [0.3, 0.4) is 0 Å². The van der Waals surface area contributed by atoms with Gasteiger partial charge in [0.15, 0.2) is 5.82 Å². The van der Waals surface area contributed by atoms with Crippen LogP contribution in [0.1, 0.15) is 68.6 Å². The number of likely N-dealkylation sites (tertiary alicyclic amines) is 1. The first-order chi connectivity index (χ1) is 16.6. The van der Waals surface area contributed by atoms with E-state index < -0.39 is 12.1 Å². The number of carbonyl (C=O) groups is 1. The molecule has 2 aliphatic carbocycles. The number of aromatic nitrogens is 3. The highest BCUT2D eigenvalue weighted by Gasteiger charge is 2.50. The van der Waals surface area contributed by atoms with Gasteiger partial charge in [0.05, 0.1) is 18.2 Å². The van der Waals surface area contributed by atoms with Crippen LogP contribution in [0.4, 0.5) is 13.2 Å². The third-order valence-electron chi connectivity index (χ3n) is 8.51. The Morgan fingerprint density at radius 2 is 1.83 bits per heavy atom. The summed E-state index contributed by atoms with van der Waals surface area (Å²) in [6.07, 6.45) is -0.305. The van der Waals surface area contributed by atoms with E-state index in [1.165, 1.54) is 0 Å². The van der Waals surface area contributed by atoms with Gasteiger partial charge in [-0.05, 0) is 62.3 Å². The Kier molecular flexibility index (Phi) is 5.45. The molecular weight excluding hydrogens is 479 g/mol. The molecule has 0 atom stereocenters. The molecule has 1 saturated heterocycles. The first-order valence-electron chi connectivity index (χ1n) is 12.5. The summed E-state index contributed by atoms with van der Waals surface area (Å²) in [5.41, 5.74) is 1.76. The lowest BCUT2D eigenvalue weighted by Crippen LogP contribution is -2.48. The van der Waals surface area contributed by atoms with E-state index in [-0.39, 0.29) is 36.1 Å². The fourth-order valence-electron chi connectivity index (χ4n) is 5.85. The summed E-state index contributed by atoms with van der Waals surface area (Å²) in [5.74, 6) is 0.830. The summed E-state index contributed by atoms with van der Waals surface area (Å²) in [5, 5.41) is 9.69. The van der Waals surface area contributed by atoms with E-state index in [0.29, 0.717) is 31.2 Å². The second-order valence-electron chi connectivity index (χ2n) is 11.0. The number of hydrogen-bond donors (Lipinski definition) is 0. The smallest absolute Gasteiger partial charge is 0.342 e. The maximum absolute atomic E-state index is 13.1. The van der Waals surface area contributed by atoms with E-state index in [4.69, 9.17) is 11.6 Å². The van der Waals surface area contributed by atoms with Crippen molar-refractivity contribution in [1.82, 2.24) is 24.6 Å². The molecule has 6 rings (SSSR count). The van der Waals surface area contributed by atoms with Crippen LogP contribution in [-0.4, -0.2) is 55.8 Å². The lowest BCUT2D eigenvalue weighted by molar-refractivity contribution is -0.207. The van der Waals surface area contributed by atoms with E-state index in [0.717, 1.165) is 48.6 Å². The molecular formula is C25H29ClF3N5O. The van der Waals surface area contributed by atoms with Crippen molar-refractivity contribution in [1.29, 1.82) is 0 Å². The highest BCUT2D eigenvalue weighted by atomic mass is 35.5. The van der Waals surface area contributed by atoms with Gasteiger partial charge in [-0.1, -0.05) is 18.5 Å². The summed E-state index contributed by atoms with van der Waals surface area (Å²) in [7, 11) is 0. The lowest BCUT2D eigenvalue weighted by Gasteiger charge is -2.43. The standard InChI is InChI=1S/C25H29ClF3N5O/c1-24(6-7-24)23(35)32-8-4-15(5-9-32)22-31-30-21-14-33(19-11-17(12-19)25(27,28)29)13-16-10-18(26)2-3-20(16)34(21)22/h2-3,10,15,17,19H,4-9,11-14H2,1H3. The Labute approximate surface area is 207 Å². The Balaban J connectivity index is 1.25. The largest absolute Gasteiger partial charge is 0.391 e. The number of alkyl halides is 3. The number of fused-ring (bicyclic) bond motifs is 3. The minimum atomic E-state index is -4.13. The maximum Gasteiger partial charge on any atom is 0.391 e. The van der Waals surface area contributed by atoms with Gasteiger partial charge in [-0.25, -0.2) is 0 Å². The van der Waals surface area contributed by atoms with E-state index in [9.17, 15) is 18.0 Å². The number of nitrogens with zero attached hydrogens (tertiary/aromatic N) is 5. The van der Waals surface area contributed by atoms with Crippen molar-refractivity contribution in [2.75, 3.05) is 13.1 Å². The van der Waals surface area contributed by atoms with Crippen LogP contribution < -0.4 is 0 Å². The molecule has 35 heavy (non-hydrogen) atoms. The summed E-state index contributed by atoms with van der Waals surface area (Å²) >= 11 is 6.32. The number of piperidine rings is 1. The maximum atomic E-state index is 13.1. The molecule has 2 aliphatic heterocycles. The molecule has 0 unspecified atom stereocenters. The molecule has 0 N–H and O–H groups in total. The van der Waals surface area contributed by atoms with Gasteiger partial charge in [-0.2, -0.15) is 13.2 Å². The minimum absolute atomic E-state index is 0.117. The average Bonchev–Trinajstić information content (AvgIpc) is 3.43. The highest BCUT2D eigenvalue weighted by Crippen LogP contribution is 2.48. The molecule has 1 aromatic carbocycles. The van der Waals surface area contributed by atoms with Crippen LogP contribution in [0.15, 0.2) is 18.2 Å². The van der Waals surface area contributed by atoms with Crippen molar-refractivity contribution in [3.05, 3.63) is 40.4 Å². The number of halogens is 4. The summed E-state index contributed by atoms with van der Waals surface area (Å²) in [4.78, 5) is 16.9. The van der Waals surface area contributed by atoms with Crippen LogP contribution in [0.5, 0.6) is 0 Å². The molecule has 0 radical (unpaired) electrons. The lowest BCUT2D eigenvalue weighted by atomic mass is 9.78. The van der Waals surface area contributed by atoms with Crippen molar-refractivity contribution in [2.45, 2.75) is 76.7 Å². The Morgan fingerprint density at radius 3 is 2.49 bits per heavy atom. The fourth-order valence-corrected chi connectivity index (χ4v) is 6.04. The van der Waals surface area contributed by atoms with Crippen LogP contribution in [0.25, 0.3) is 5.69 Å². The van der Waals surface area contributed by atoms with Crippen molar-refractivity contribution in [2.24, 2.45) is 11.3 Å². The number of benzene rings is 1. The van der Waals surface area contributed by atoms with Gasteiger partial charge in [-0.15, -0.1) is 10.2 Å². The van der Waals surface area contributed by atoms with Crippen molar-refractivity contribution in [3.8, 4) is 5.69 Å². The average molecular weight is 508 g/mol. The van der Waals surface area contributed by atoms with Crippen LogP contribution in [0.2, 0.25) is 5.02 Å². The highest BCUT2D eigenvalue weighted by molar-refractivity contribution is 6.30. The van der Waals surface area contributed by atoms with Crippen molar-refractivity contribution in [3.63, 3.8) is 0 Å². The van der Waals surface area contributed by atoms with Crippen molar-refractivity contribution < 1.29 is 18.0 Å². The van der Waals surface area contributed by atoms with Gasteiger partial charge in [0.2, 0.25) is 5.91 Å². The van der Waals surface area contributed by atoms with E-state index in [2.05, 4.69) is 19.7 Å². The van der Waals surface area contributed by atoms with Gasteiger partial charge in [-0.3, -0.25) is 14.3 Å². The molecule has 10 heteroatoms. The zero-order chi connectivity index (χ0) is 24.5. The molecule has 0 spiro atoms. The molecule has 6 nitrogen and oxygen atoms in total. The zero-order valence-electron chi connectivity index (χ0n) is 19.7. The zero-order valence-corrected chi connectivity index (χ0v) is 20.4. The molecule has 3 heterocycles. The van der Waals surface area contributed by atoms with E-state index in [1.807, 2.05) is 30.0 Å². The first-order valence-corrected chi connectivity index (χ1v) is 12.8. The molecule has 4 aliphatic rings. The third-order valence-corrected chi connectivity index (χ3v) is 8.75. The summed E-state index contributed by atoms with van der Waals surface area (Å²) in [6, 6.07) is 5.56. The van der Waals surface area contributed by atoms with Gasteiger partial charge < -0.3 is 4.90 Å². The molecule has 1 amide bonds. The quantitative estimate of drug-likeness (QED) is 0.581. The number of hydrogen-bond acceptors (Lipinski definition) is 4. The number of rotatable bonds is 3. The predicted octanol–water partition coefficient (Wildman–Crippen LogP) is 5.08. The molecule has 3 fully saturated rings. The third kappa shape index (κ3) is 4.14. The second kappa shape index (κ2) is 8.20. The predicted molar refractivity (Wildman–Crippen MR) is 124 cm³/mol. The summed E-state index contributed by atoms with van der Waals surface area (Å²) < 4.78 is 41.5. The van der Waals surface area contributed by atoms with Crippen LogP contribution in [0, 0.1) is 11.3 Å². The Hall–Kier alpha value is -2.13. The van der Waals surface area contributed by atoms with Gasteiger partial charge in [0, 0.05) is 42.0 Å². The van der Waals surface area contributed by atoms with E-state index in [1.54, 1.807) is 0 Å². The van der Waals surface area contributed by atoms with Gasteiger partial charge >= 0.3 is 6.18 Å². The van der Waals surface area contributed by atoms with E-state index >= 15 is 0 Å². The molecule has 2 aromatic rings. The molecule has 1 aromatic heterocycles. The van der Waals surface area contributed by atoms with Crippen LogP contribution >= 0.6 is 11.6 Å². The Morgan fingerprint density at radius 1 is 1.11 bits per heavy atom. The monoisotopic (exact) mass is 507 g/mol. The van der Waals surface area contributed by atoms with Gasteiger partial charge in [0.1, 0.15) is 5.82 Å². The topological polar surface area (TPSA) is 54.3 Å². The minimum Gasteiger partial charge on any atom is -0.342 e.